The summed E-state index contributed by atoms with van der Waals surface area (Å²) in [4.78, 5) is 2.76. The van der Waals surface area contributed by atoms with Crippen molar-refractivity contribution in [1.29, 1.82) is 0 Å². The van der Waals surface area contributed by atoms with E-state index >= 15 is 0 Å². The van der Waals surface area contributed by atoms with Crippen LogP contribution in [-0.2, 0) is 0 Å². The maximum atomic E-state index is 3.54. The van der Waals surface area contributed by atoms with Crippen LogP contribution in [0.4, 0.5) is 0 Å². The standard InChI is InChI=1S/C13H26N2/c1-5-6-10(2)15-9-11-7-14-8-12(11)13(15,3)4/h10-12,14H,5-9H2,1-4H3. The summed E-state index contributed by atoms with van der Waals surface area (Å²) in [5.41, 5.74) is 0.406. The van der Waals surface area contributed by atoms with Crippen molar-refractivity contribution in [3.8, 4) is 0 Å². The average molecular weight is 210 g/mol. The maximum absolute atomic E-state index is 3.54. The lowest BCUT2D eigenvalue weighted by molar-refractivity contribution is 0.0922. The second-order valence-corrected chi connectivity index (χ2v) is 5.97. The molecule has 0 aromatic carbocycles. The van der Waals surface area contributed by atoms with Gasteiger partial charge in [0.25, 0.3) is 0 Å². The van der Waals surface area contributed by atoms with E-state index in [9.17, 15) is 0 Å². The van der Waals surface area contributed by atoms with E-state index in [0.29, 0.717) is 5.54 Å². The van der Waals surface area contributed by atoms with Crippen LogP contribution in [0, 0.1) is 11.8 Å². The quantitative estimate of drug-likeness (QED) is 0.767. The van der Waals surface area contributed by atoms with Crippen molar-refractivity contribution in [1.82, 2.24) is 10.2 Å². The van der Waals surface area contributed by atoms with Gasteiger partial charge in [-0.3, -0.25) is 4.90 Å². The Kier molecular flexibility index (Phi) is 3.09. The van der Waals surface area contributed by atoms with Gasteiger partial charge < -0.3 is 5.32 Å². The fourth-order valence-electron chi connectivity index (χ4n) is 3.77. The Morgan fingerprint density at radius 2 is 2.13 bits per heavy atom. The smallest absolute Gasteiger partial charge is 0.0200 e. The zero-order valence-corrected chi connectivity index (χ0v) is 10.7. The van der Waals surface area contributed by atoms with Crippen molar-refractivity contribution in [2.75, 3.05) is 19.6 Å². The maximum Gasteiger partial charge on any atom is 0.0200 e. The van der Waals surface area contributed by atoms with Crippen molar-refractivity contribution in [3.05, 3.63) is 0 Å². The third-order valence-corrected chi connectivity index (χ3v) is 4.66. The molecule has 2 aliphatic heterocycles. The lowest BCUT2D eigenvalue weighted by Gasteiger charge is -2.39. The Bertz CT molecular complexity index is 225. The minimum Gasteiger partial charge on any atom is -0.316 e. The van der Waals surface area contributed by atoms with Gasteiger partial charge in [0.2, 0.25) is 0 Å². The van der Waals surface area contributed by atoms with Crippen molar-refractivity contribution in [2.24, 2.45) is 11.8 Å². The topological polar surface area (TPSA) is 15.3 Å². The molecule has 15 heavy (non-hydrogen) atoms. The van der Waals surface area contributed by atoms with E-state index in [2.05, 4.69) is 37.9 Å². The second-order valence-electron chi connectivity index (χ2n) is 5.97. The molecule has 2 nitrogen and oxygen atoms in total. The summed E-state index contributed by atoms with van der Waals surface area (Å²) in [6.45, 7) is 13.4. The molecule has 0 amide bonds. The van der Waals surface area contributed by atoms with Gasteiger partial charge >= 0.3 is 0 Å². The second kappa shape index (κ2) is 4.06. The summed E-state index contributed by atoms with van der Waals surface area (Å²) in [5.74, 6) is 1.77. The van der Waals surface area contributed by atoms with Crippen LogP contribution in [0.3, 0.4) is 0 Å². The van der Waals surface area contributed by atoms with E-state index in [1.807, 2.05) is 0 Å². The van der Waals surface area contributed by atoms with Gasteiger partial charge in [0, 0.05) is 24.7 Å². The molecule has 0 aromatic heterocycles. The van der Waals surface area contributed by atoms with Crippen molar-refractivity contribution in [3.63, 3.8) is 0 Å². The molecule has 3 atom stereocenters. The van der Waals surface area contributed by atoms with Gasteiger partial charge in [0.15, 0.2) is 0 Å². The van der Waals surface area contributed by atoms with Gasteiger partial charge in [0.1, 0.15) is 0 Å². The number of nitrogens with zero attached hydrogens (tertiary/aromatic N) is 1. The normalized spacial score (nSPS) is 36.8. The summed E-state index contributed by atoms with van der Waals surface area (Å²) >= 11 is 0. The van der Waals surface area contributed by atoms with Crippen LogP contribution in [0.25, 0.3) is 0 Å². The summed E-state index contributed by atoms with van der Waals surface area (Å²) in [6.07, 6.45) is 2.65. The molecule has 0 aliphatic carbocycles. The molecule has 88 valence electrons. The third-order valence-electron chi connectivity index (χ3n) is 4.66. The molecule has 2 rings (SSSR count). The predicted molar refractivity (Wildman–Crippen MR) is 65.0 cm³/mol. The molecule has 0 bridgehead atoms. The van der Waals surface area contributed by atoms with Gasteiger partial charge in [-0.1, -0.05) is 13.3 Å². The van der Waals surface area contributed by atoms with Crippen LogP contribution >= 0.6 is 0 Å². The van der Waals surface area contributed by atoms with Crippen molar-refractivity contribution < 1.29 is 0 Å². The SMILES string of the molecule is CCCC(C)N1CC2CNCC2C1(C)C. The number of hydrogen-bond acceptors (Lipinski definition) is 2. The number of rotatable bonds is 3. The third kappa shape index (κ3) is 1.83. The first-order valence-electron chi connectivity index (χ1n) is 6.54. The van der Waals surface area contributed by atoms with Crippen molar-refractivity contribution >= 4 is 0 Å². The van der Waals surface area contributed by atoms with Crippen LogP contribution in [0.15, 0.2) is 0 Å². The van der Waals surface area contributed by atoms with Gasteiger partial charge in [0.05, 0.1) is 0 Å². The fraction of sp³-hybridized carbons (Fsp3) is 1.00. The molecule has 2 heterocycles. The van der Waals surface area contributed by atoms with Crippen molar-refractivity contribution in [2.45, 2.75) is 52.1 Å². The first-order valence-corrected chi connectivity index (χ1v) is 6.54. The highest BCUT2D eigenvalue weighted by Gasteiger charge is 2.50. The molecule has 1 N–H and O–H groups in total. The van der Waals surface area contributed by atoms with E-state index in [1.54, 1.807) is 0 Å². The lowest BCUT2D eigenvalue weighted by Crippen LogP contribution is -2.48. The molecule has 3 unspecified atom stereocenters. The Hall–Kier alpha value is -0.0800. The molecular formula is C13H26N2. The lowest BCUT2D eigenvalue weighted by atomic mass is 9.84. The molecule has 0 radical (unpaired) electrons. The Morgan fingerprint density at radius 3 is 2.73 bits per heavy atom. The zero-order chi connectivity index (χ0) is 11.1. The van der Waals surface area contributed by atoms with Gasteiger partial charge in [-0.2, -0.15) is 0 Å². The van der Waals surface area contributed by atoms with Gasteiger partial charge in [-0.15, -0.1) is 0 Å². The number of likely N-dealkylation sites (tertiary alicyclic amines) is 1. The minimum atomic E-state index is 0.406. The van der Waals surface area contributed by atoms with Crippen LogP contribution < -0.4 is 5.32 Å². The molecule has 0 saturated carbocycles. The monoisotopic (exact) mass is 210 g/mol. The summed E-state index contributed by atoms with van der Waals surface area (Å²) in [7, 11) is 0. The van der Waals surface area contributed by atoms with E-state index in [1.165, 1.54) is 32.5 Å². The Morgan fingerprint density at radius 1 is 1.40 bits per heavy atom. The summed E-state index contributed by atoms with van der Waals surface area (Å²) < 4.78 is 0. The van der Waals surface area contributed by atoms with Crippen LogP contribution in [0.1, 0.15) is 40.5 Å². The molecule has 2 aliphatic rings. The van der Waals surface area contributed by atoms with E-state index in [-0.39, 0.29) is 0 Å². The zero-order valence-electron chi connectivity index (χ0n) is 10.7. The molecular weight excluding hydrogens is 184 g/mol. The first-order chi connectivity index (χ1) is 7.07. The highest BCUT2D eigenvalue weighted by Crippen LogP contribution is 2.42. The molecule has 2 fully saturated rings. The predicted octanol–water partition coefficient (Wildman–Crippen LogP) is 2.10. The summed E-state index contributed by atoms with van der Waals surface area (Å²) in [5, 5.41) is 3.54. The molecule has 0 aromatic rings. The number of hydrogen-bond donors (Lipinski definition) is 1. The largest absolute Gasteiger partial charge is 0.316 e. The fourth-order valence-corrected chi connectivity index (χ4v) is 3.77. The molecule has 2 heteroatoms. The molecule has 0 spiro atoms. The first kappa shape index (κ1) is 11.4. The van der Waals surface area contributed by atoms with E-state index in [0.717, 1.165) is 17.9 Å². The van der Waals surface area contributed by atoms with Gasteiger partial charge in [-0.05, 0) is 45.6 Å². The number of nitrogens with one attached hydrogen (secondary N) is 1. The Balaban J connectivity index is 2.08. The van der Waals surface area contributed by atoms with Gasteiger partial charge in [-0.25, -0.2) is 0 Å². The van der Waals surface area contributed by atoms with E-state index < -0.39 is 0 Å². The minimum absolute atomic E-state index is 0.406. The highest BCUT2D eigenvalue weighted by atomic mass is 15.3. The van der Waals surface area contributed by atoms with E-state index in [4.69, 9.17) is 0 Å². The average Bonchev–Trinajstić information content (AvgIpc) is 2.69. The van der Waals surface area contributed by atoms with Crippen LogP contribution in [0.2, 0.25) is 0 Å². The number of fused-ring (bicyclic) bond motifs is 1. The molecule has 2 saturated heterocycles. The Labute approximate surface area is 94.4 Å². The summed E-state index contributed by atoms with van der Waals surface area (Å²) in [6, 6.07) is 0.760. The van der Waals surface area contributed by atoms with Crippen LogP contribution in [-0.4, -0.2) is 36.1 Å². The van der Waals surface area contributed by atoms with Crippen LogP contribution in [0.5, 0.6) is 0 Å². The highest BCUT2D eigenvalue weighted by molar-refractivity contribution is 5.05.